The lowest BCUT2D eigenvalue weighted by Crippen LogP contribution is -1.98. The zero-order valence-corrected chi connectivity index (χ0v) is 17.0. The quantitative estimate of drug-likeness (QED) is 0.383. The van der Waals surface area contributed by atoms with Crippen molar-refractivity contribution in [3.8, 4) is 16.8 Å². The molecule has 3 aromatic carbocycles. The van der Waals surface area contributed by atoms with Gasteiger partial charge in [0, 0.05) is 23.1 Å². The minimum absolute atomic E-state index is 0.800. The van der Waals surface area contributed by atoms with Crippen molar-refractivity contribution < 1.29 is 0 Å². The number of aromatic nitrogens is 3. The van der Waals surface area contributed by atoms with Gasteiger partial charge in [-0.25, -0.2) is 9.97 Å². The number of hydrogen-bond donors (Lipinski definition) is 1. The van der Waals surface area contributed by atoms with Crippen LogP contribution in [0.15, 0.2) is 91.4 Å². The van der Waals surface area contributed by atoms with Crippen LogP contribution in [0.25, 0.3) is 27.8 Å². The summed E-state index contributed by atoms with van der Waals surface area (Å²) in [6.45, 7) is 4.19. The molecule has 0 spiro atoms. The average molecular weight is 390 g/mol. The summed E-state index contributed by atoms with van der Waals surface area (Å²) in [7, 11) is 0. The summed E-state index contributed by atoms with van der Waals surface area (Å²) in [4.78, 5) is 9.26. The SMILES string of the molecule is Cc1ccc(Nc2ncnc3c2c(-c2ccccc2)cn3-c2cccc(C)c2)cc1. The van der Waals surface area contributed by atoms with Crippen LogP contribution < -0.4 is 5.32 Å². The number of rotatable bonds is 4. The van der Waals surface area contributed by atoms with Crippen LogP contribution >= 0.6 is 0 Å². The average Bonchev–Trinajstić information content (AvgIpc) is 3.17. The van der Waals surface area contributed by atoms with E-state index in [0.29, 0.717) is 0 Å². The van der Waals surface area contributed by atoms with Crippen molar-refractivity contribution in [3.05, 3.63) is 103 Å². The van der Waals surface area contributed by atoms with E-state index in [1.54, 1.807) is 6.33 Å². The smallest absolute Gasteiger partial charge is 0.150 e. The molecule has 5 rings (SSSR count). The molecular formula is C26H22N4. The van der Waals surface area contributed by atoms with Gasteiger partial charge in [-0.15, -0.1) is 0 Å². The van der Waals surface area contributed by atoms with Crippen LogP contribution in [0.5, 0.6) is 0 Å². The van der Waals surface area contributed by atoms with Gasteiger partial charge in [0.25, 0.3) is 0 Å². The third-order valence-electron chi connectivity index (χ3n) is 5.26. The molecule has 0 aliphatic heterocycles. The maximum atomic E-state index is 4.66. The van der Waals surface area contributed by atoms with Gasteiger partial charge in [-0.1, -0.05) is 60.2 Å². The van der Waals surface area contributed by atoms with Crippen LogP contribution in [-0.4, -0.2) is 14.5 Å². The fourth-order valence-electron chi connectivity index (χ4n) is 3.74. The minimum Gasteiger partial charge on any atom is -0.340 e. The number of hydrogen-bond acceptors (Lipinski definition) is 3. The first-order valence-corrected chi connectivity index (χ1v) is 10.0. The molecule has 0 bridgehead atoms. The first kappa shape index (κ1) is 18.1. The van der Waals surface area contributed by atoms with Crippen molar-refractivity contribution in [1.29, 1.82) is 0 Å². The second kappa shape index (κ2) is 7.48. The van der Waals surface area contributed by atoms with Crippen molar-refractivity contribution >= 4 is 22.5 Å². The molecule has 2 heterocycles. The van der Waals surface area contributed by atoms with Crippen molar-refractivity contribution in [2.24, 2.45) is 0 Å². The first-order valence-electron chi connectivity index (χ1n) is 10.0. The summed E-state index contributed by atoms with van der Waals surface area (Å²) < 4.78 is 2.15. The van der Waals surface area contributed by atoms with Crippen molar-refractivity contribution in [2.75, 3.05) is 5.32 Å². The first-order chi connectivity index (χ1) is 14.7. The lowest BCUT2D eigenvalue weighted by Gasteiger charge is -2.09. The topological polar surface area (TPSA) is 42.7 Å². The lowest BCUT2D eigenvalue weighted by molar-refractivity contribution is 1.07. The van der Waals surface area contributed by atoms with E-state index in [-0.39, 0.29) is 0 Å². The highest BCUT2D eigenvalue weighted by Crippen LogP contribution is 2.36. The summed E-state index contributed by atoms with van der Waals surface area (Å²) in [5.74, 6) is 0.800. The van der Waals surface area contributed by atoms with E-state index in [1.165, 1.54) is 11.1 Å². The molecule has 1 N–H and O–H groups in total. The molecule has 30 heavy (non-hydrogen) atoms. The molecule has 0 radical (unpaired) electrons. The van der Waals surface area contributed by atoms with Gasteiger partial charge in [-0.2, -0.15) is 0 Å². The van der Waals surface area contributed by atoms with Crippen LogP contribution in [0.2, 0.25) is 0 Å². The zero-order valence-electron chi connectivity index (χ0n) is 17.0. The Kier molecular flexibility index (Phi) is 4.52. The number of nitrogens with one attached hydrogen (secondary N) is 1. The van der Waals surface area contributed by atoms with Crippen LogP contribution in [0.3, 0.4) is 0 Å². The molecular weight excluding hydrogens is 368 g/mol. The van der Waals surface area contributed by atoms with Crippen LogP contribution in [0.4, 0.5) is 11.5 Å². The van der Waals surface area contributed by atoms with E-state index in [2.05, 4.69) is 113 Å². The number of benzene rings is 3. The molecule has 0 fully saturated rings. The second-order valence-electron chi connectivity index (χ2n) is 7.53. The van der Waals surface area contributed by atoms with E-state index in [4.69, 9.17) is 0 Å². The molecule has 0 saturated heterocycles. The van der Waals surface area contributed by atoms with Gasteiger partial charge in [0.2, 0.25) is 0 Å². The molecule has 0 unspecified atom stereocenters. The monoisotopic (exact) mass is 390 g/mol. The third-order valence-corrected chi connectivity index (χ3v) is 5.26. The molecule has 0 atom stereocenters. The molecule has 0 aliphatic rings. The fourth-order valence-corrected chi connectivity index (χ4v) is 3.74. The van der Waals surface area contributed by atoms with E-state index in [1.807, 2.05) is 6.07 Å². The van der Waals surface area contributed by atoms with Crippen molar-refractivity contribution in [2.45, 2.75) is 13.8 Å². The normalized spacial score (nSPS) is 11.0. The summed E-state index contributed by atoms with van der Waals surface area (Å²) >= 11 is 0. The predicted octanol–water partition coefficient (Wildman–Crippen LogP) is 6.45. The highest BCUT2D eigenvalue weighted by molar-refractivity contribution is 6.03. The van der Waals surface area contributed by atoms with E-state index in [9.17, 15) is 0 Å². The maximum Gasteiger partial charge on any atom is 0.150 e. The molecule has 5 aromatic rings. The van der Waals surface area contributed by atoms with Crippen LogP contribution in [-0.2, 0) is 0 Å². The molecule has 0 saturated carbocycles. The Labute approximate surface area is 175 Å². The van der Waals surface area contributed by atoms with Gasteiger partial charge in [0.05, 0.1) is 5.39 Å². The minimum atomic E-state index is 0.800. The Morgan fingerprint density at radius 2 is 1.57 bits per heavy atom. The fraction of sp³-hybridized carbons (Fsp3) is 0.0769. The Hall–Kier alpha value is -3.92. The van der Waals surface area contributed by atoms with Crippen molar-refractivity contribution in [1.82, 2.24) is 14.5 Å². The Balaban J connectivity index is 1.74. The molecule has 0 amide bonds. The number of fused-ring (bicyclic) bond motifs is 1. The van der Waals surface area contributed by atoms with Gasteiger partial charge >= 0.3 is 0 Å². The molecule has 0 aliphatic carbocycles. The second-order valence-corrected chi connectivity index (χ2v) is 7.53. The van der Waals surface area contributed by atoms with Crippen molar-refractivity contribution in [3.63, 3.8) is 0 Å². The molecule has 146 valence electrons. The Morgan fingerprint density at radius 1 is 0.767 bits per heavy atom. The summed E-state index contributed by atoms with van der Waals surface area (Å²) in [5, 5.41) is 4.50. The number of anilines is 2. The van der Waals surface area contributed by atoms with Gasteiger partial charge in [0.1, 0.15) is 12.1 Å². The molecule has 2 aromatic heterocycles. The Morgan fingerprint density at radius 3 is 2.33 bits per heavy atom. The van der Waals surface area contributed by atoms with E-state index in [0.717, 1.165) is 39.4 Å². The highest BCUT2D eigenvalue weighted by Gasteiger charge is 2.17. The van der Waals surface area contributed by atoms with Crippen LogP contribution in [0, 0.1) is 13.8 Å². The third kappa shape index (κ3) is 3.33. The van der Waals surface area contributed by atoms with E-state index >= 15 is 0 Å². The molecule has 4 nitrogen and oxygen atoms in total. The van der Waals surface area contributed by atoms with E-state index < -0.39 is 0 Å². The maximum absolute atomic E-state index is 4.66. The number of aryl methyl sites for hydroxylation is 2. The zero-order chi connectivity index (χ0) is 20.5. The van der Waals surface area contributed by atoms with Gasteiger partial charge < -0.3 is 9.88 Å². The summed E-state index contributed by atoms with van der Waals surface area (Å²) in [6.07, 6.45) is 3.78. The highest BCUT2D eigenvalue weighted by atomic mass is 15.1. The standard InChI is InChI=1S/C26H22N4/c1-18-11-13-21(14-12-18)29-25-24-23(20-8-4-3-5-9-20)16-30(26(24)28-17-27-25)22-10-6-7-19(2)15-22/h3-17H,1-2H3,(H,27,28,29). The Bertz CT molecular complexity index is 1320. The van der Waals surface area contributed by atoms with Crippen LogP contribution in [0.1, 0.15) is 11.1 Å². The van der Waals surface area contributed by atoms with Gasteiger partial charge in [-0.3, -0.25) is 0 Å². The predicted molar refractivity (Wildman–Crippen MR) is 123 cm³/mol. The largest absolute Gasteiger partial charge is 0.340 e. The summed E-state index contributed by atoms with van der Waals surface area (Å²) in [6, 6.07) is 27.2. The van der Waals surface area contributed by atoms with Gasteiger partial charge in [0.15, 0.2) is 5.65 Å². The number of nitrogens with zero attached hydrogens (tertiary/aromatic N) is 3. The lowest BCUT2D eigenvalue weighted by atomic mass is 10.1. The molecule has 4 heteroatoms. The summed E-state index contributed by atoms with van der Waals surface area (Å²) in [5.41, 5.74) is 7.64. The van der Waals surface area contributed by atoms with Gasteiger partial charge in [-0.05, 0) is 49.2 Å².